The molecule has 4 heteroatoms. The van der Waals surface area contributed by atoms with Crippen LogP contribution in [0.3, 0.4) is 0 Å². The van der Waals surface area contributed by atoms with Crippen molar-refractivity contribution in [3.05, 3.63) is 0 Å². The predicted molar refractivity (Wildman–Crippen MR) is 71.9 cm³/mol. The SMILES string of the molecule is O=S(=O)(Cl)CC1(C23CC4CC(CC(C4)C2)C3)CC1. The first-order valence-electron chi connectivity index (χ1n) is 7.32. The van der Waals surface area contributed by atoms with Crippen molar-refractivity contribution >= 4 is 19.7 Å². The number of hydrogen-bond donors (Lipinski definition) is 0. The Labute approximate surface area is 114 Å². The maximum Gasteiger partial charge on any atom is 0.233 e. The molecule has 0 aromatic rings. The second kappa shape index (κ2) is 3.46. The zero-order valence-corrected chi connectivity index (χ0v) is 12.3. The summed E-state index contributed by atoms with van der Waals surface area (Å²) in [6, 6.07) is 0. The summed E-state index contributed by atoms with van der Waals surface area (Å²) in [5.74, 6) is 2.93. The van der Waals surface area contributed by atoms with E-state index in [0.29, 0.717) is 5.41 Å². The summed E-state index contributed by atoms with van der Waals surface area (Å²) in [5, 5.41) is 0. The minimum absolute atomic E-state index is 0.0730. The minimum atomic E-state index is -3.34. The molecule has 0 heterocycles. The lowest BCUT2D eigenvalue weighted by atomic mass is 9.45. The van der Waals surface area contributed by atoms with Crippen molar-refractivity contribution in [3.8, 4) is 0 Å². The Morgan fingerprint density at radius 3 is 1.72 bits per heavy atom. The van der Waals surface area contributed by atoms with Crippen LogP contribution in [0.15, 0.2) is 0 Å². The third kappa shape index (κ3) is 1.69. The highest BCUT2D eigenvalue weighted by Gasteiger charge is 2.65. The molecule has 5 saturated carbocycles. The monoisotopic (exact) mass is 288 g/mol. The fourth-order valence-corrected chi connectivity index (χ4v) is 7.95. The van der Waals surface area contributed by atoms with E-state index in [1.54, 1.807) is 0 Å². The van der Waals surface area contributed by atoms with Crippen molar-refractivity contribution in [2.24, 2.45) is 28.6 Å². The molecule has 0 aliphatic heterocycles. The predicted octanol–water partition coefficient (Wildman–Crippen LogP) is 3.55. The molecule has 4 bridgehead atoms. The summed E-state index contributed by atoms with van der Waals surface area (Å²) in [6.07, 6.45) is 10.4. The number of hydrogen-bond acceptors (Lipinski definition) is 2. The van der Waals surface area contributed by atoms with E-state index in [1.165, 1.54) is 38.5 Å². The summed E-state index contributed by atoms with van der Waals surface area (Å²) in [6.45, 7) is 0. The molecule has 5 rings (SSSR count). The molecule has 5 aliphatic rings. The Morgan fingerprint density at radius 1 is 0.944 bits per heavy atom. The highest BCUT2D eigenvalue weighted by Crippen LogP contribution is 2.73. The molecule has 0 N–H and O–H groups in total. The molecule has 18 heavy (non-hydrogen) atoms. The molecule has 0 amide bonds. The third-order valence-corrected chi connectivity index (χ3v) is 7.69. The van der Waals surface area contributed by atoms with E-state index in [1.807, 2.05) is 0 Å². The summed E-state index contributed by atoms with van der Waals surface area (Å²) in [7, 11) is 2.23. The second-order valence-corrected chi connectivity index (χ2v) is 10.4. The first-order valence-corrected chi connectivity index (χ1v) is 9.80. The molecular formula is C14H21ClO2S. The molecule has 2 nitrogen and oxygen atoms in total. The Balaban J connectivity index is 1.68. The molecule has 0 atom stereocenters. The van der Waals surface area contributed by atoms with E-state index in [9.17, 15) is 8.42 Å². The van der Waals surface area contributed by atoms with Gasteiger partial charge in [-0.15, -0.1) is 0 Å². The van der Waals surface area contributed by atoms with Crippen LogP contribution < -0.4 is 0 Å². The van der Waals surface area contributed by atoms with Crippen LogP contribution in [0.2, 0.25) is 0 Å². The first-order chi connectivity index (χ1) is 8.40. The van der Waals surface area contributed by atoms with Crippen LogP contribution in [-0.2, 0) is 9.05 Å². The van der Waals surface area contributed by atoms with Gasteiger partial charge in [0.05, 0.1) is 5.75 Å². The van der Waals surface area contributed by atoms with Crippen molar-refractivity contribution in [2.45, 2.75) is 51.4 Å². The van der Waals surface area contributed by atoms with Gasteiger partial charge in [-0.3, -0.25) is 0 Å². The highest BCUT2D eigenvalue weighted by atomic mass is 35.7. The lowest BCUT2D eigenvalue weighted by molar-refractivity contribution is -0.0909. The maximum atomic E-state index is 11.5. The fourth-order valence-electron chi connectivity index (χ4n) is 6.07. The molecular weight excluding hydrogens is 268 g/mol. The topological polar surface area (TPSA) is 34.1 Å². The van der Waals surface area contributed by atoms with Gasteiger partial charge in [-0.25, -0.2) is 8.42 Å². The Hall–Kier alpha value is 0.240. The third-order valence-electron chi connectivity index (χ3n) is 6.47. The molecule has 0 aromatic heterocycles. The normalized spacial score (nSPS) is 48.4. The smallest absolute Gasteiger partial charge is 0.212 e. The minimum Gasteiger partial charge on any atom is -0.212 e. The van der Waals surface area contributed by atoms with Gasteiger partial charge in [0.1, 0.15) is 0 Å². The Morgan fingerprint density at radius 2 is 1.39 bits per heavy atom. The Bertz CT molecular complexity index is 443. The van der Waals surface area contributed by atoms with Gasteiger partial charge in [0.25, 0.3) is 0 Å². The van der Waals surface area contributed by atoms with E-state index in [2.05, 4.69) is 0 Å². The first kappa shape index (κ1) is 12.0. The second-order valence-electron chi connectivity index (χ2n) is 7.66. The van der Waals surface area contributed by atoms with Crippen molar-refractivity contribution in [1.82, 2.24) is 0 Å². The van der Waals surface area contributed by atoms with Crippen LogP contribution in [0.5, 0.6) is 0 Å². The van der Waals surface area contributed by atoms with E-state index >= 15 is 0 Å². The molecule has 102 valence electrons. The van der Waals surface area contributed by atoms with Crippen LogP contribution in [0, 0.1) is 28.6 Å². The van der Waals surface area contributed by atoms with E-state index < -0.39 is 9.05 Å². The van der Waals surface area contributed by atoms with Crippen LogP contribution in [0.1, 0.15) is 51.4 Å². The van der Waals surface area contributed by atoms with Gasteiger partial charge in [0.15, 0.2) is 0 Å². The summed E-state index contributed by atoms with van der Waals surface area (Å²) >= 11 is 0. The van der Waals surface area contributed by atoms with Gasteiger partial charge >= 0.3 is 0 Å². The molecule has 0 aromatic carbocycles. The molecule has 5 aliphatic carbocycles. The van der Waals surface area contributed by atoms with Gasteiger partial charge < -0.3 is 0 Å². The zero-order chi connectivity index (χ0) is 12.6. The van der Waals surface area contributed by atoms with Crippen molar-refractivity contribution in [2.75, 3.05) is 5.75 Å². The van der Waals surface area contributed by atoms with Crippen LogP contribution in [0.25, 0.3) is 0 Å². The summed E-state index contributed by atoms with van der Waals surface area (Å²) in [5.41, 5.74) is 0.424. The lowest BCUT2D eigenvalue weighted by Crippen LogP contribution is -2.51. The van der Waals surface area contributed by atoms with Gasteiger partial charge in [0, 0.05) is 10.7 Å². The van der Waals surface area contributed by atoms with Crippen LogP contribution in [0.4, 0.5) is 0 Å². The van der Waals surface area contributed by atoms with Crippen molar-refractivity contribution in [1.29, 1.82) is 0 Å². The van der Waals surface area contributed by atoms with E-state index in [0.717, 1.165) is 30.6 Å². The fraction of sp³-hybridized carbons (Fsp3) is 1.00. The van der Waals surface area contributed by atoms with Gasteiger partial charge in [-0.05, 0) is 80.0 Å². The van der Waals surface area contributed by atoms with E-state index in [-0.39, 0.29) is 11.2 Å². The summed E-state index contributed by atoms with van der Waals surface area (Å²) < 4.78 is 23.1. The standard InChI is InChI=1S/C14H21ClO2S/c15-18(16,17)9-13(1-2-13)14-6-10-3-11(7-14)5-12(4-10)8-14/h10-12H,1-9H2. The summed E-state index contributed by atoms with van der Waals surface area (Å²) in [4.78, 5) is 0. The highest BCUT2D eigenvalue weighted by molar-refractivity contribution is 8.13. The average molecular weight is 289 g/mol. The maximum absolute atomic E-state index is 11.5. The molecule has 5 fully saturated rings. The molecule has 0 spiro atoms. The number of rotatable bonds is 3. The van der Waals surface area contributed by atoms with Crippen LogP contribution in [-0.4, -0.2) is 14.2 Å². The average Bonchev–Trinajstić information content (AvgIpc) is 2.94. The molecule has 0 saturated heterocycles. The van der Waals surface area contributed by atoms with Gasteiger partial charge in [-0.2, -0.15) is 0 Å². The zero-order valence-electron chi connectivity index (χ0n) is 10.7. The van der Waals surface area contributed by atoms with Gasteiger partial charge in [-0.1, -0.05) is 0 Å². The Kier molecular flexibility index (Phi) is 2.31. The van der Waals surface area contributed by atoms with E-state index in [4.69, 9.17) is 10.7 Å². The quantitative estimate of drug-likeness (QED) is 0.744. The van der Waals surface area contributed by atoms with Crippen molar-refractivity contribution < 1.29 is 8.42 Å². The van der Waals surface area contributed by atoms with Gasteiger partial charge in [0.2, 0.25) is 9.05 Å². The lowest BCUT2D eigenvalue weighted by Gasteiger charge is -2.60. The van der Waals surface area contributed by atoms with Crippen molar-refractivity contribution in [3.63, 3.8) is 0 Å². The number of halogens is 1. The largest absolute Gasteiger partial charge is 0.233 e. The van der Waals surface area contributed by atoms with Crippen LogP contribution >= 0.6 is 10.7 Å². The molecule has 0 radical (unpaired) electrons. The molecule has 0 unspecified atom stereocenters.